The quantitative estimate of drug-likeness (QED) is 0.698. The van der Waals surface area contributed by atoms with Crippen LogP contribution in [0.2, 0.25) is 0 Å². The van der Waals surface area contributed by atoms with E-state index in [1.165, 1.54) is 11.1 Å². The van der Waals surface area contributed by atoms with E-state index in [1.54, 1.807) is 6.20 Å². The molecule has 6 nitrogen and oxygen atoms in total. The van der Waals surface area contributed by atoms with Crippen LogP contribution in [-0.4, -0.2) is 68.4 Å². The van der Waals surface area contributed by atoms with Gasteiger partial charge in [0.2, 0.25) is 0 Å². The molecular formula is C21H28N6. The molecule has 0 radical (unpaired) electrons. The zero-order valence-corrected chi connectivity index (χ0v) is 16.4. The van der Waals surface area contributed by atoms with Crippen LogP contribution in [-0.2, 0) is 6.54 Å². The van der Waals surface area contributed by atoms with Gasteiger partial charge in [0, 0.05) is 69.1 Å². The summed E-state index contributed by atoms with van der Waals surface area (Å²) in [5.41, 5.74) is 3.47. The van der Waals surface area contributed by atoms with Crippen molar-refractivity contribution in [2.75, 3.05) is 33.2 Å². The third-order valence-corrected chi connectivity index (χ3v) is 5.56. The van der Waals surface area contributed by atoms with Crippen LogP contribution >= 0.6 is 0 Å². The molecule has 0 N–H and O–H groups in total. The normalized spacial score (nSPS) is 17.3. The molecule has 3 aromatic rings. The molecule has 1 saturated heterocycles. The largest absolute Gasteiger partial charge is 0.329 e. The minimum Gasteiger partial charge on any atom is -0.329 e. The van der Waals surface area contributed by atoms with Crippen molar-refractivity contribution in [3.8, 4) is 17.1 Å². The molecule has 0 amide bonds. The first-order chi connectivity index (χ1) is 13.1. The molecule has 2 aromatic heterocycles. The monoisotopic (exact) mass is 364 g/mol. The van der Waals surface area contributed by atoms with Crippen molar-refractivity contribution < 1.29 is 0 Å². The second-order valence-corrected chi connectivity index (χ2v) is 7.54. The number of benzene rings is 1. The van der Waals surface area contributed by atoms with Gasteiger partial charge in [0.15, 0.2) is 0 Å². The van der Waals surface area contributed by atoms with E-state index in [1.807, 2.05) is 23.1 Å². The summed E-state index contributed by atoms with van der Waals surface area (Å²) >= 11 is 0. The highest BCUT2D eigenvalue weighted by molar-refractivity contribution is 5.63. The van der Waals surface area contributed by atoms with E-state index < -0.39 is 0 Å². The van der Waals surface area contributed by atoms with Crippen molar-refractivity contribution in [2.45, 2.75) is 26.4 Å². The van der Waals surface area contributed by atoms with Gasteiger partial charge >= 0.3 is 0 Å². The summed E-state index contributed by atoms with van der Waals surface area (Å²) in [5.74, 6) is 1.04. The molecule has 1 aromatic carbocycles. The molecule has 0 aliphatic carbocycles. The van der Waals surface area contributed by atoms with Gasteiger partial charge in [-0.1, -0.05) is 0 Å². The Morgan fingerprint density at radius 1 is 1.07 bits per heavy atom. The van der Waals surface area contributed by atoms with Crippen molar-refractivity contribution >= 4 is 0 Å². The maximum absolute atomic E-state index is 4.66. The van der Waals surface area contributed by atoms with Crippen LogP contribution in [0.3, 0.4) is 0 Å². The Morgan fingerprint density at radius 3 is 2.59 bits per heavy atom. The number of hydrogen-bond donors (Lipinski definition) is 0. The van der Waals surface area contributed by atoms with Crippen molar-refractivity contribution in [3.63, 3.8) is 0 Å². The lowest BCUT2D eigenvalue weighted by Gasteiger charge is -2.36. The molecule has 1 atom stereocenters. The van der Waals surface area contributed by atoms with Gasteiger partial charge < -0.3 is 9.47 Å². The lowest BCUT2D eigenvalue weighted by molar-refractivity contribution is 0.111. The molecule has 0 saturated carbocycles. The Hall–Kier alpha value is -2.44. The van der Waals surface area contributed by atoms with Gasteiger partial charge in [-0.3, -0.25) is 4.90 Å². The summed E-state index contributed by atoms with van der Waals surface area (Å²) in [6.45, 7) is 10.00. The van der Waals surface area contributed by atoms with Crippen LogP contribution in [0, 0.1) is 6.92 Å². The smallest absolute Gasteiger partial charge is 0.140 e. The number of aromatic nitrogens is 4. The van der Waals surface area contributed by atoms with Gasteiger partial charge in [-0.15, -0.1) is 0 Å². The van der Waals surface area contributed by atoms with Crippen LogP contribution in [0.5, 0.6) is 0 Å². The molecule has 0 bridgehead atoms. The first kappa shape index (κ1) is 17.9. The molecule has 142 valence electrons. The van der Waals surface area contributed by atoms with E-state index in [0.29, 0.717) is 6.04 Å². The van der Waals surface area contributed by atoms with E-state index in [9.17, 15) is 0 Å². The molecule has 1 aliphatic rings. The Kier molecular flexibility index (Phi) is 5.09. The summed E-state index contributed by atoms with van der Waals surface area (Å²) in [6.07, 6.45) is 7.78. The predicted molar refractivity (Wildman–Crippen MR) is 108 cm³/mol. The maximum Gasteiger partial charge on any atom is 0.140 e. The Labute approximate surface area is 161 Å². The minimum absolute atomic E-state index is 0.496. The van der Waals surface area contributed by atoms with E-state index in [0.717, 1.165) is 44.2 Å². The van der Waals surface area contributed by atoms with Crippen molar-refractivity contribution in [2.24, 2.45) is 0 Å². The fourth-order valence-electron chi connectivity index (χ4n) is 3.83. The number of piperazine rings is 1. The van der Waals surface area contributed by atoms with Gasteiger partial charge in [0.25, 0.3) is 0 Å². The highest BCUT2D eigenvalue weighted by Crippen LogP contribution is 2.25. The Morgan fingerprint density at radius 2 is 1.89 bits per heavy atom. The van der Waals surface area contributed by atoms with Crippen molar-refractivity contribution in [3.05, 3.63) is 54.6 Å². The Balaban J connectivity index is 1.53. The first-order valence-electron chi connectivity index (χ1n) is 9.66. The molecule has 4 rings (SSSR count). The van der Waals surface area contributed by atoms with Gasteiger partial charge in [-0.25, -0.2) is 9.67 Å². The molecule has 1 fully saturated rings. The average molecular weight is 364 g/mol. The second kappa shape index (κ2) is 7.66. The van der Waals surface area contributed by atoms with Gasteiger partial charge in [-0.2, -0.15) is 5.10 Å². The lowest BCUT2D eigenvalue weighted by atomic mass is 10.1. The molecule has 6 heteroatoms. The summed E-state index contributed by atoms with van der Waals surface area (Å²) in [5, 5.41) is 4.32. The lowest BCUT2D eigenvalue weighted by Crippen LogP contribution is -2.49. The highest BCUT2D eigenvalue weighted by Gasteiger charge is 2.20. The van der Waals surface area contributed by atoms with E-state index in [4.69, 9.17) is 0 Å². The number of rotatable bonds is 5. The standard InChI is InChI=1S/C21H28N6/c1-17-15-19(27-9-4-7-23-27)5-6-20(17)21-22-8-10-26(21)16-18(2)25-13-11-24(3)12-14-25/h4-10,15,18H,11-14,16H2,1-3H3/t18-/m1/s1. The summed E-state index contributed by atoms with van der Waals surface area (Å²) in [6, 6.07) is 8.88. The number of aryl methyl sites for hydroxylation is 1. The van der Waals surface area contributed by atoms with Gasteiger partial charge in [0.05, 0.1) is 5.69 Å². The van der Waals surface area contributed by atoms with Crippen LogP contribution in [0.25, 0.3) is 17.1 Å². The Bertz CT molecular complexity index is 874. The minimum atomic E-state index is 0.496. The number of hydrogen-bond acceptors (Lipinski definition) is 4. The maximum atomic E-state index is 4.66. The van der Waals surface area contributed by atoms with E-state index in [-0.39, 0.29) is 0 Å². The number of imidazole rings is 1. The predicted octanol–water partition coefficient (Wildman–Crippen LogP) is 2.68. The molecule has 0 unspecified atom stereocenters. The van der Waals surface area contributed by atoms with Crippen LogP contribution in [0.1, 0.15) is 12.5 Å². The summed E-state index contributed by atoms with van der Waals surface area (Å²) in [4.78, 5) is 9.64. The van der Waals surface area contributed by atoms with Crippen LogP contribution in [0.15, 0.2) is 49.1 Å². The average Bonchev–Trinajstić information content (AvgIpc) is 3.34. The van der Waals surface area contributed by atoms with Crippen molar-refractivity contribution in [1.29, 1.82) is 0 Å². The number of likely N-dealkylation sites (N-methyl/N-ethyl adjacent to an activating group) is 1. The van der Waals surface area contributed by atoms with Crippen molar-refractivity contribution in [1.82, 2.24) is 29.1 Å². The zero-order chi connectivity index (χ0) is 18.8. The van der Waals surface area contributed by atoms with Crippen LogP contribution in [0.4, 0.5) is 0 Å². The topological polar surface area (TPSA) is 42.1 Å². The van der Waals surface area contributed by atoms with Gasteiger partial charge in [0.1, 0.15) is 5.82 Å². The third kappa shape index (κ3) is 3.82. The molecule has 1 aliphatic heterocycles. The summed E-state index contributed by atoms with van der Waals surface area (Å²) in [7, 11) is 2.20. The van der Waals surface area contributed by atoms with Gasteiger partial charge in [-0.05, 0) is 50.7 Å². The van der Waals surface area contributed by atoms with E-state index in [2.05, 4.69) is 69.7 Å². The zero-order valence-electron chi connectivity index (χ0n) is 16.4. The number of nitrogens with zero attached hydrogens (tertiary/aromatic N) is 6. The SMILES string of the molecule is Cc1cc(-n2cccn2)ccc1-c1nccn1C[C@@H](C)N1CCN(C)CC1. The molecular weight excluding hydrogens is 336 g/mol. The molecule has 27 heavy (non-hydrogen) atoms. The fourth-order valence-corrected chi connectivity index (χ4v) is 3.83. The highest BCUT2D eigenvalue weighted by atomic mass is 15.3. The first-order valence-corrected chi connectivity index (χ1v) is 9.66. The molecule has 0 spiro atoms. The van der Waals surface area contributed by atoms with E-state index >= 15 is 0 Å². The fraction of sp³-hybridized carbons (Fsp3) is 0.429. The summed E-state index contributed by atoms with van der Waals surface area (Å²) < 4.78 is 4.18. The molecule has 3 heterocycles. The third-order valence-electron chi connectivity index (χ3n) is 5.56. The van der Waals surface area contributed by atoms with Crippen LogP contribution < -0.4 is 0 Å². The second-order valence-electron chi connectivity index (χ2n) is 7.54.